The molecule has 1 aliphatic carbocycles. The fraction of sp³-hybridized carbons (Fsp3) is 0.375. The number of nitrogen functional groups attached to an aromatic ring is 1. The second-order valence-electron chi connectivity index (χ2n) is 5.38. The van der Waals surface area contributed by atoms with Crippen molar-refractivity contribution in [2.45, 2.75) is 38.5 Å². The summed E-state index contributed by atoms with van der Waals surface area (Å²) >= 11 is 0. The fourth-order valence-corrected chi connectivity index (χ4v) is 2.26. The third-order valence-electron chi connectivity index (χ3n) is 3.47. The number of benzene rings is 1. The van der Waals surface area contributed by atoms with Gasteiger partial charge in [-0.05, 0) is 37.0 Å². The Balaban J connectivity index is 1.76. The van der Waals surface area contributed by atoms with Gasteiger partial charge in [-0.3, -0.25) is 0 Å². The maximum Gasteiger partial charge on any atom is 0.136 e. The molecule has 1 saturated carbocycles. The van der Waals surface area contributed by atoms with E-state index >= 15 is 0 Å². The summed E-state index contributed by atoms with van der Waals surface area (Å²) in [6.07, 6.45) is 4.63. The van der Waals surface area contributed by atoms with Crippen molar-refractivity contribution in [3.05, 3.63) is 41.7 Å². The smallest absolute Gasteiger partial charge is 0.136 e. The molecular weight excluding hydrogens is 248 g/mol. The summed E-state index contributed by atoms with van der Waals surface area (Å²) in [6, 6.07) is 10.3. The minimum absolute atomic E-state index is 0.506. The molecule has 4 heteroatoms. The summed E-state index contributed by atoms with van der Waals surface area (Å²) in [7, 11) is 0. The Morgan fingerprint density at radius 1 is 1.20 bits per heavy atom. The summed E-state index contributed by atoms with van der Waals surface area (Å²) < 4.78 is 0. The van der Waals surface area contributed by atoms with Gasteiger partial charge in [0.2, 0.25) is 0 Å². The largest absolute Gasteiger partial charge is 0.384 e. The van der Waals surface area contributed by atoms with Gasteiger partial charge in [-0.1, -0.05) is 25.5 Å². The Labute approximate surface area is 119 Å². The molecule has 0 unspecified atom stereocenters. The molecule has 1 aliphatic rings. The van der Waals surface area contributed by atoms with Gasteiger partial charge in [0.25, 0.3) is 0 Å². The van der Waals surface area contributed by atoms with Crippen molar-refractivity contribution in [3.63, 3.8) is 0 Å². The molecule has 1 heterocycles. The third-order valence-corrected chi connectivity index (χ3v) is 3.47. The molecule has 1 aromatic heterocycles. The topological polar surface area (TPSA) is 63.8 Å². The molecule has 0 radical (unpaired) electrons. The van der Waals surface area contributed by atoms with Crippen LogP contribution >= 0.6 is 0 Å². The predicted molar refractivity (Wildman–Crippen MR) is 82.1 cm³/mol. The minimum Gasteiger partial charge on any atom is -0.384 e. The Kier molecular flexibility index (Phi) is 3.54. The number of hydrogen-bond donors (Lipinski definition) is 2. The molecule has 0 aliphatic heterocycles. The van der Waals surface area contributed by atoms with Crippen LogP contribution in [0.15, 0.2) is 30.3 Å². The fourth-order valence-electron chi connectivity index (χ4n) is 2.26. The van der Waals surface area contributed by atoms with Crippen LogP contribution in [0.1, 0.15) is 43.5 Å². The van der Waals surface area contributed by atoms with Gasteiger partial charge in [0.05, 0.1) is 0 Å². The van der Waals surface area contributed by atoms with Gasteiger partial charge in [-0.25, -0.2) is 9.97 Å². The van der Waals surface area contributed by atoms with Gasteiger partial charge >= 0.3 is 0 Å². The third kappa shape index (κ3) is 3.07. The van der Waals surface area contributed by atoms with E-state index in [9.17, 15) is 0 Å². The zero-order chi connectivity index (χ0) is 13.9. The molecule has 104 valence electrons. The van der Waals surface area contributed by atoms with E-state index in [1.165, 1.54) is 24.8 Å². The van der Waals surface area contributed by atoms with E-state index in [0.717, 1.165) is 23.8 Å². The maximum absolute atomic E-state index is 5.85. The van der Waals surface area contributed by atoms with Crippen LogP contribution in [0.2, 0.25) is 0 Å². The van der Waals surface area contributed by atoms with Crippen LogP contribution in [-0.2, 0) is 6.42 Å². The van der Waals surface area contributed by atoms with Crippen LogP contribution in [-0.4, -0.2) is 9.97 Å². The van der Waals surface area contributed by atoms with Gasteiger partial charge in [-0.2, -0.15) is 0 Å². The first-order valence-electron chi connectivity index (χ1n) is 7.25. The van der Waals surface area contributed by atoms with Crippen LogP contribution < -0.4 is 11.1 Å². The number of aryl methyl sites for hydroxylation is 1. The zero-order valence-corrected chi connectivity index (χ0v) is 11.8. The molecule has 0 atom stereocenters. The quantitative estimate of drug-likeness (QED) is 0.869. The van der Waals surface area contributed by atoms with Crippen molar-refractivity contribution >= 4 is 17.3 Å². The molecule has 3 N–H and O–H groups in total. The number of rotatable bonds is 5. The van der Waals surface area contributed by atoms with Crippen molar-refractivity contribution in [2.75, 3.05) is 11.1 Å². The van der Waals surface area contributed by atoms with E-state index < -0.39 is 0 Å². The highest BCUT2D eigenvalue weighted by Crippen LogP contribution is 2.38. The highest BCUT2D eigenvalue weighted by molar-refractivity contribution is 5.59. The van der Waals surface area contributed by atoms with E-state index in [4.69, 9.17) is 5.73 Å². The Hall–Kier alpha value is -2.10. The molecule has 1 aromatic carbocycles. The van der Waals surface area contributed by atoms with Crippen molar-refractivity contribution in [3.8, 4) is 0 Å². The standard InChI is InChI=1S/C16H20N4/c1-2-3-11-4-8-13(9-5-11)18-15-10-14(17)19-16(20-15)12-6-7-12/h4-5,8-10,12H,2-3,6-7H2,1H3,(H3,17,18,19,20). The van der Waals surface area contributed by atoms with Crippen LogP contribution in [0.25, 0.3) is 0 Å². The lowest BCUT2D eigenvalue weighted by molar-refractivity contribution is 0.922. The molecule has 1 fully saturated rings. The zero-order valence-electron chi connectivity index (χ0n) is 11.8. The Morgan fingerprint density at radius 2 is 1.95 bits per heavy atom. The lowest BCUT2D eigenvalue weighted by Crippen LogP contribution is -2.02. The minimum atomic E-state index is 0.506. The van der Waals surface area contributed by atoms with Gasteiger partial charge in [0, 0.05) is 17.7 Å². The molecular formula is C16H20N4. The summed E-state index contributed by atoms with van der Waals surface area (Å²) in [4.78, 5) is 8.85. The molecule has 0 saturated heterocycles. The highest BCUT2D eigenvalue weighted by atomic mass is 15.1. The first-order valence-corrected chi connectivity index (χ1v) is 7.25. The molecule has 2 aromatic rings. The number of nitrogens with one attached hydrogen (secondary N) is 1. The van der Waals surface area contributed by atoms with Crippen molar-refractivity contribution in [1.82, 2.24) is 9.97 Å². The van der Waals surface area contributed by atoms with Crippen LogP contribution in [0.4, 0.5) is 17.3 Å². The molecule has 3 rings (SSSR count). The number of nitrogens with two attached hydrogens (primary N) is 1. The maximum atomic E-state index is 5.85. The molecule has 20 heavy (non-hydrogen) atoms. The van der Waals surface area contributed by atoms with Crippen LogP contribution in [0.3, 0.4) is 0 Å². The lowest BCUT2D eigenvalue weighted by Gasteiger charge is -2.09. The van der Waals surface area contributed by atoms with Crippen molar-refractivity contribution in [1.29, 1.82) is 0 Å². The number of nitrogens with zero attached hydrogens (tertiary/aromatic N) is 2. The van der Waals surface area contributed by atoms with E-state index in [2.05, 4.69) is 46.5 Å². The summed E-state index contributed by atoms with van der Waals surface area (Å²) in [6.45, 7) is 2.19. The summed E-state index contributed by atoms with van der Waals surface area (Å²) in [5, 5.41) is 3.31. The average Bonchev–Trinajstić information content (AvgIpc) is 3.25. The molecule has 0 bridgehead atoms. The average molecular weight is 268 g/mol. The van der Waals surface area contributed by atoms with Crippen molar-refractivity contribution in [2.24, 2.45) is 0 Å². The SMILES string of the molecule is CCCc1ccc(Nc2cc(N)nc(C3CC3)n2)cc1. The monoisotopic (exact) mass is 268 g/mol. The van der Waals surface area contributed by atoms with E-state index in [-0.39, 0.29) is 0 Å². The van der Waals surface area contributed by atoms with Gasteiger partial charge in [0.15, 0.2) is 0 Å². The Morgan fingerprint density at radius 3 is 2.60 bits per heavy atom. The number of aromatic nitrogens is 2. The number of anilines is 3. The van der Waals surface area contributed by atoms with Crippen molar-refractivity contribution < 1.29 is 0 Å². The van der Waals surface area contributed by atoms with Gasteiger partial charge in [0.1, 0.15) is 17.5 Å². The van der Waals surface area contributed by atoms with Crippen LogP contribution in [0, 0.1) is 0 Å². The van der Waals surface area contributed by atoms with E-state index in [0.29, 0.717) is 11.7 Å². The summed E-state index contributed by atoms with van der Waals surface area (Å²) in [5.74, 6) is 2.69. The first-order chi connectivity index (χ1) is 9.74. The normalized spacial score (nSPS) is 14.2. The van der Waals surface area contributed by atoms with E-state index in [1.54, 1.807) is 6.07 Å². The van der Waals surface area contributed by atoms with Gasteiger partial charge < -0.3 is 11.1 Å². The lowest BCUT2D eigenvalue weighted by atomic mass is 10.1. The van der Waals surface area contributed by atoms with Crippen LogP contribution in [0.5, 0.6) is 0 Å². The predicted octanol–water partition coefficient (Wildman–Crippen LogP) is 3.63. The second kappa shape index (κ2) is 5.49. The molecule has 0 spiro atoms. The molecule has 4 nitrogen and oxygen atoms in total. The van der Waals surface area contributed by atoms with Gasteiger partial charge in [-0.15, -0.1) is 0 Å². The Bertz CT molecular complexity index is 588. The second-order valence-corrected chi connectivity index (χ2v) is 5.38. The van der Waals surface area contributed by atoms with E-state index in [1.807, 2.05) is 0 Å². The molecule has 0 amide bonds. The summed E-state index contributed by atoms with van der Waals surface area (Å²) in [5.41, 5.74) is 8.24. The first kappa shape index (κ1) is 12.9. The number of hydrogen-bond acceptors (Lipinski definition) is 4. The highest BCUT2D eigenvalue weighted by Gasteiger charge is 2.27.